The molecule has 3 amide bonds. The first kappa shape index (κ1) is 32.1. The number of aromatic nitrogens is 2. The lowest BCUT2D eigenvalue weighted by Crippen LogP contribution is -2.31. The van der Waals surface area contributed by atoms with Gasteiger partial charge in [0.05, 0.1) is 35.8 Å². The molecule has 0 atom stereocenters. The number of carbonyl (C=O) groups is 2. The van der Waals surface area contributed by atoms with Crippen molar-refractivity contribution in [3.05, 3.63) is 90.1 Å². The fraction of sp³-hybridized carbons (Fsp3) is 0.172. The third kappa shape index (κ3) is 7.34. The smallest absolute Gasteiger partial charge is 0.347 e. The number of rotatable bonds is 8. The maximum absolute atomic E-state index is 15.0. The molecule has 16 heteroatoms. The number of nitrogens with zero attached hydrogens (tertiary/aromatic N) is 4. The van der Waals surface area contributed by atoms with E-state index in [4.69, 9.17) is 4.74 Å². The van der Waals surface area contributed by atoms with Crippen LogP contribution in [0.1, 0.15) is 18.1 Å². The van der Waals surface area contributed by atoms with Gasteiger partial charge in [-0.05, 0) is 61.9 Å². The fourth-order valence-corrected chi connectivity index (χ4v) is 5.90. The van der Waals surface area contributed by atoms with Crippen LogP contribution in [0.3, 0.4) is 0 Å². The normalized spacial score (nSPS) is 16.1. The molecule has 238 valence electrons. The molecule has 1 saturated heterocycles. The molecule has 4 aromatic rings. The number of anilines is 2. The molecule has 5 rings (SSSR count). The van der Waals surface area contributed by atoms with Crippen molar-refractivity contribution >= 4 is 50.5 Å². The van der Waals surface area contributed by atoms with Gasteiger partial charge in [0.2, 0.25) is 5.91 Å². The Morgan fingerprint density at radius 1 is 1.07 bits per heavy atom. The number of ether oxygens (including phenoxy) is 1. The Morgan fingerprint density at radius 2 is 1.80 bits per heavy atom. The van der Waals surface area contributed by atoms with Crippen molar-refractivity contribution in [2.24, 2.45) is 4.99 Å². The highest BCUT2D eigenvalue weighted by atomic mass is 32.5. The molecular weight excluding hydrogens is 644 g/mol. The maximum Gasteiger partial charge on any atom is 0.347 e. The van der Waals surface area contributed by atoms with Crippen LogP contribution >= 0.6 is 22.0 Å². The van der Waals surface area contributed by atoms with Crippen molar-refractivity contribution in [3.8, 4) is 16.9 Å². The highest BCUT2D eigenvalue weighted by Crippen LogP contribution is 3.02. The molecule has 0 unspecified atom stereocenters. The Labute approximate surface area is 257 Å². The Bertz CT molecular complexity index is 1830. The minimum Gasteiger partial charge on any atom is -0.377 e. The molecule has 1 N–H and O–H groups in total. The minimum absolute atomic E-state index is 0.0595. The number of amides is 3. The Morgan fingerprint density at radius 3 is 2.47 bits per heavy atom. The molecule has 8 nitrogen and oxygen atoms in total. The van der Waals surface area contributed by atoms with E-state index in [9.17, 15) is 29.0 Å². The minimum atomic E-state index is -9.81. The van der Waals surface area contributed by atoms with E-state index in [1.807, 2.05) is 26.0 Å². The van der Waals surface area contributed by atoms with Crippen LogP contribution in [0.4, 0.5) is 40.0 Å². The number of imidazole rings is 1. The number of hydrogen-bond donors (Lipinski definition) is 1. The summed E-state index contributed by atoms with van der Waals surface area (Å²) in [5.41, 5.74) is 2.57. The summed E-state index contributed by atoms with van der Waals surface area (Å²) in [6, 6.07) is 10.7. The highest BCUT2D eigenvalue weighted by Gasteiger charge is 2.65. The lowest BCUT2D eigenvalue weighted by atomic mass is 10.1. The number of benzene rings is 3. The van der Waals surface area contributed by atoms with E-state index < -0.39 is 27.0 Å². The van der Waals surface area contributed by atoms with Crippen LogP contribution in [0.25, 0.3) is 16.9 Å². The summed E-state index contributed by atoms with van der Waals surface area (Å²) in [6.07, 6.45) is 2.61. The van der Waals surface area contributed by atoms with Gasteiger partial charge in [-0.1, -0.05) is 49.4 Å². The quantitative estimate of drug-likeness (QED) is 0.190. The molecule has 1 aromatic heterocycles. The second kappa shape index (κ2) is 11.3. The molecule has 0 spiro atoms. The zero-order chi connectivity index (χ0) is 32.6. The second-order valence-electron chi connectivity index (χ2n) is 9.94. The van der Waals surface area contributed by atoms with Crippen LogP contribution in [0, 0.1) is 12.7 Å². The summed E-state index contributed by atoms with van der Waals surface area (Å²) in [6.45, 7) is 4.43. The molecule has 2 heterocycles. The first-order chi connectivity index (χ1) is 21.0. The number of hydrogen-bond acceptors (Lipinski definition) is 5. The van der Waals surface area contributed by atoms with Crippen molar-refractivity contribution in [1.82, 2.24) is 9.55 Å². The molecule has 1 aliphatic rings. The summed E-state index contributed by atoms with van der Waals surface area (Å²) < 4.78 is 86.9. The molecule has 0 saturated carbocycles. The average Bonchev–Trinajstić information content (AvgIpc) is 3.59. The van der Waals surface area contributed by atoms with Gasteiger partial charge in [0.15, 0.2) is 5.17 Å². The van der Waals surface area contributed by atoms with Gasteiger partial charge >= 0.3 is 16.3 Å². The zero-order valence-electron chi connectivity index (χ0n) is 23.6. The summed E-state index contributed by atoms with van der Waals surface area (Å²) in [5, 5.41) is 2.49. The number of aryl methyl sites for hydroxylation is 1. The maximum atomic E-state index is 15.0. The standard InChI is InChI=1S/C29H25F6N5O3S2/c1-3-43-15-20-5-4-18(2)12-26(20)40-27(41)16-44-29(40)38-28(42)37-24-11-6-19(13-23(24)30)25-14-39(17-36-25)21-7-9-22(10-8-21)45(31,32,33,34)35/h4-14,17H,3,15-16H2,1-2H3,(H,37,42)/b38-29-. The topological polar surface area (TPSA) is 88.8 Å². The predicted octanol–water partition coefficient (Wildman–Crippen LogP) is 8.85. The summed E-state index contributed by atoms with van der Waals surface area (Å²) in [5.74, 6) is -1.05. The molecular formula is C29H25F6N5O3S2. The van der Waals surface area contributed by atoms with Crippen LogP contribution in [0.5, 0.6) is 0 Å². The molecule has 0 radical (unpaired) electrons. The first-order valence-electron chi connectivity index (χ1n) is 13.2. The van der Waals surface area contributed by atoms with Gasteiger partial charge in [-0.15, -0.1) is 0 Å². The fourth-order valence-electron chi connectivity index (χ4n) is 4.39. The number of aliphatic imine (C=N–C) groups is 1. The van der Waals surface area contributed by atoms with Crippen molar-refractivity contribution < 1.29 is 38.1 Å². The summed E-state index contributed by atoms with van der Waals surface area (Å²) in [7, 11) is -9.81. The number of amidine groups is 1. The molecule has 3 aromatic carbocycles. The number of thioether (sulfide) groups is 1. The summed E-state index contributed by atoms with van der Waals surface area (Å²) >= 11 is 1.07. The second-order valence-corrected chi connectivity index (χ2v) is 13.3. The molecule has 0 aliphatic carbocycles. The van der Waals surface area contributed by atoms with E-state index in [0.29, 0.717) is 12.3 Å². The SMILES string of the molecule is CCOCc1ccc(C)cc1N1C(=O)CS/C1=N\C(=O)Nc1ccc(-c2cn(-c3ccc(S(F)(F)(F)(F)F)cc3)cn2)cc1F. The van der Waals surface area contributed by atoms with Gasteiger partial charge in [-0.2, -0.15) is 4.99 Å². The van der Waals surface area contributed by atoms with E-state index in [2.05, 4.69) is 15.3 Å². The largest absolute Gasteiger partial charge is 0.377 e. The van der Waals surface area contributed by atoms with E-state index in [1.54, 1.807) is 6.07 Å². The Kier molecular flexibility index (Phi) is 8.04. The third-order valence-corrected chi connectivity index (χ3v) is 8.66. The van der Waals surface area contributed by atoms with Gasteiger partial charge in [0, 0.05) is 29.6 Å². The molecule has 1 aliphatic heterocycles. The Balaban J connectivity index is 1.32. The van der Waals surface area contributed by atoms with Gasteiger partial charge in [0.25, 0.3) is 0 Å². The highest BCUT2D eigenvalue weighted by molar-refractivity contribution is 8.45. The number of nitrogens with one attached hydrogen (secondary N) is 1. The van der Waals surface area contributed by atoms with Gasteiger partial charge in [0.1, 0.15) is 10.7 Å². The lowest BCUT2D eigenvalue weighted by molar-refractivity contribution is -0.115. The van der Waals surface area contributed by atoms with Crippen molar-refractivity contribution in [3.63, 3.8) is 0 Å². The first-order valence-corrected chi connectivity index (χ1v) is 16.2. The molecule has 0 bridgehead atoms. The van der Waals surface area contributed by atoms with Crippen LogP contribution < -0.4 is 10.2 Å². The predicted molar refractivity (Wildman–Crippen MR) is 163 cm³/mol. The average molecular weight is 670 g/mol. The van der Waals surface area contributed by atoms with Crippen LogP contribution in [0.15, 0.2) is 83.1 Å². The zero-order valence-corrected chi connectivity index (χ0v) is 25.3. The number of carbonyl (C=O) groups excluding carboxylic acids is 2. The molecule has 45 heavy (non-hydrogen) atoms. The third-order valence-electron chi connectivity index (χ3n) is 6.58. The van der Waals surface area contributed by atoms with E-state index in [-0.39, 0.29) is 58.2 Å². The van der Waals surface area contributed by atoms with Gasteiger partial charge in [-0.25, -0.2) is 14.2 Å². The van der Waals surface area contributed by atoms with Crippen LogP contribution in [-0.2, 0) is 16.1 Å². The van der Waals surface area contributed by atoms with Gasteiger partial charge < -0.3 is 14.6 Å². The van der Waals surface area contributed by atoms with Crippen LogP contribution in [-0.4, -0.2) is 39.0 Å². The van der Waals surface area contributed by atoms with Crippen molar-refractivity contribution in [2.75, 3.05) is 22.6 Å². The number of halogens is 6. The van der Waals surface area contributed by atoms with E-state index >= 15 is 4.39 Å². The number of urea groups is 1. The van der Waals surface area contributed by atoms with Crippen molar-refractivity contribution in [1.29, 1.82) is 0 Å². The van der Waals surface area contributed by atoms with E-state index in [1.165, 1.54) is 34.1 Å². The molecule has 1 fully saturated rings. The lowest BCUT2D eigenvalue weighted by Gasteiger charge is -2.40. The monoisotopic (exact) mass is 669 g/mol. The van der Waals surface area contributed by atoms with E-state index in [0.717, 1.165) is 41.1 Å². The van der Waals surface area contributed by atoms with Gasteiger partial charge in [-0.3, -0.25) is 9.69 Å². The Hall–Kier alpha value is -4.28. The van der Waals surface area contributed by atoms with Crippen LogP contribution in [0.2, 0.25) is 0 Å². The van der Waals surface area contributed by atoms with Crippen molar-refractivity contribution in [2.45, 2.75) is 25.3 Å². The summed E-state index contributed by atoms with van der Waals surface area (Å²) in [4.78, 5) is 33.0.